The number of likely N-dealkylation sites (tertiary alicyclic amines) is 1. The second-order valence-corrected chi connectivity index (χ2v) is 4.62. The van der Waals surface area contributed by atoms with E-state index in [4.69, 9.17) is 0 Å². The first-order valence-corrected chi connectivity index (χ1v) is 6.03. The molecule has 0 N–H and O–H groups in total. The van der Waals surface area contributed by atoms with Crippen molar-refractivity contribution in [1.29, 1.82) is 0 Å². The van der Waals surface area contributed by atoms with Crippen LogP contribution in [0.3, 0.4) is 0 Å². The van der Waals surface area contributed by atoms with Gasteiger partial charge in [-0.3, -0.25) is 4.79 Å². The van der Waals surface area contributed by atoms with Crippen molar-refractivity contribution < 1.29 is 4.79 Å². The van der Waals surface area contributed by atoms with Crippen molar-refractivity contribution in [2.75, 3.05) is 19.6 Å². The van der Waals surface area contributed by atoms with Gasteiger partial charge >= 0.3 is 0 Å². The first-order valence-electron chi connectivity index (χ1n) is 6.03. The Labute approximate surface area is 97.3 Å². The van der Waals surface area contributed by atoms with Gasteiger partial charge in [-0.25, -0.2) is 0 Å². The van der Waals surface area contributed by atoms with E-state index >= 15 is 0 Å². The smallest absolute Gasteiger partial charge is 0.135 e. The molecule has 2 nitrogen and oxygen atoms in total. The summed E-state index contributed by atoms with van der Waals surface area (Å²) in [6.45, 7) is 5.09. The standard InChI is InChI=1S/C14H19NO/c1-12-2-4-13(5-3-12)6-9-15-10-7-14(16)8-11-15/h2-5H,6-11H2,1H3. The third-order valence-electron chi connectivity index (χ3n) is 3.25. The first-order chi connectivity index (χ1) is 7.74. The minimum Gasteiger partial charge on any atom is -0.302 e. The SMILES string of the molecule is Cc1ccc(CCN2CCC(=O)CC2)cc1. The van der Waals surface area contributed by atoms with Crippen LogP contribution in [0, 0.1) is 6.92 Å². The zero-order valence-electron chi connectivity index (χ0n) is 9.91. The lowest BCUT2D eigenvalue weighted by Crippen LogP contribution is -2.35. The number of nitrogens with zero attached hydrogens (tertiary/aromatic N) is 1. The number of carbonyl (C=O) groups excluding carboxylic acids is 1. The summed E-state index contributed by atoms with van der Waals surface area (Å²) in [7, 11) is 0. The molecule has 0 saturated carbocycles. The molecule has 1 heterocycles. The molecule has 1 aliphatic rings. The molecule has 16 heavy (non-hydrogen) atoms. The molecule has 0 bridgehead atoms. The normalized spacial score (nSPS) is 17.7. The average molecular weight is 217 g/mol. The van der Waals surface area contributed by atoms with E-state index in [1.807, 2.05) is 0 Å². The molecule has 2 heteroatoms. The van der Waals surface area contributed by atoms with Gasteiger partial charge in [-0.2, -0.15) is 0 Å². The predicted molar refractivity (Wildman–Crippen MR) is 65.6 cm³/mol. The summed E-state index contributed by atoms with van der Waals surface area (Å²) in [4.78, 5) is 13.5. The number of rotatable bonds is 3. The van der Waals surface area contributed by atoms with Gasteiger partial charge in [-0.05, 0) is 18.9 Å². The van der Waals surface area contributed by atoms with Crippen molar-refractivity contribution in [2.45, 2.75) is 26.2 Å². The molecule has 1 aromatic rings. The molecule has 0 amide bonds. The molecule has 0 spiro atoms. The number of carbonyl (C=O) groups is 1. The fraction of sp³-hybridized carbons (Fsp3) is 0.500. The number of Topliss-reactive ketones (excluding diaryl/α,β-unsaturated/α-hetero) is 1. The fourth-order valence-corrected chi connectivity index (χ4v) is 2.07. The molecule has 86 valence electrons. The van der Waals surface area contributed by atoms with Crippen LogP contribution < -0.4 is 0 Å². The van der Waals surface area contributed by atoms with E-state index in [2.05, 4.69) is 36.1 Å². The van der Waals surface area contributed by atoms with Crippen LogP contribution in [-0.2, 0) is 11.2 Å². The highest BCUT2D eigenvalue weighted by atomic mass is 16.1. The summed E-state index contributed by atoms with van der Waals surface area (Å²) in [5.74, 6) is 0.423. The molecule has 1 aliphatic heterocycles. The highest BCUT2D eigenvalue weighted by molar-refractivity contribution is 5.79. The molecule has 1 saturated heterocycles. The first kappa shape index (κ1) is 11.3. The minimum atomic E-state index is 0.423. The summed E-state index contributed by atoms with van der Waals surface area (Å²) in [5.41, 5.74) is 2.70. The zero-order valence-corrected chi connectivity index (χ0v) is 9.91. The summed E-state index contributed by atoms with van der Waals surface area (Å²) in [6, 6.07) is 8.72. The quantitative estimate of drug-likeness (QED) is 0.773. The number of hydrogen-bond donors (Lipinski definition) is 0. The van der Waals surface area contributed by atoms with Crippen LogP contribution in [0.1, 0.15) is 24.0 Å². The Bertz CT molecular complexity index is 346. The van der Waals surface area contributed by atoms with Crippen LogP contribution in [0.15, 0.2) is 24.3 Å². The van der Waals surface area contributed by atoms with Crippen LogP contribution in [-0.4, -0.2) is 30.3 Å². The van der Waals surface area contributed by atoms with E-state index in [9.17, 15) is 4.79 Å². The monoisotopic (exact) mass is 217 g/mol. The molecule has 2 rings (SSSR count). The van der Waals surface area contributed by atoms with Crippen LogP contribution in [0.2, 0.25) is 0 Å². The van der Waals surface area contributed by atoms with Gasteiger partial charge in [0, 0.05) is 32.5 Å². The van der Waals surface area contributed by atoms with Gasteiger partial charge in [-0.1, -0.05) is 29.8 Å². The number of ketones is 1. The van der Waals surface area contributed by atoms with Crippen LogP contribution in [0.25, 0.3) is 0 Å². The third-order valence-corrected chi connectivity index (χ3v) is 3.25. The van der Waals surface area contributed by atoms with Crippen LogP contribution in [0.5, 0.6) is 0 Å². The summed E-state index contributed by atoms with van der Waals surface area (Å²) in [5, 5.41) is 0. The van der Waals surface area contributed by atoms with E-state index in [-0.39, 0.29) is 0 Å². The molecule has 0 aromatic heterocycles. The summed E-state index contributed by atoms with van der Waals surface area (Å²) < 4.78 is 0. The number of aryl methyl sites for hydroxylation is 1. The Morgan fingerprint density at radius 3 is 2.38 bits per heavy atom. The van der Waals surface area contributed by atoms with Gasteiger partial charge in [0.2, 0.25) is 0 Å². The molecule has 0 atom stereocenters. The van der Waals surface area contributed by atoms with E-state index in [1.54, 1.807) is 0 Å². The Balaban J connectivity index is 1.79. The van der Waals surface area contributed by atoms with E-state index in [0.717, 1.165) is 38.9 Å². The molecule has 0 unspecified atom stereocenters. The highest BCUT2D eigenvalue weighted by Crippen LogP contribution is 2.08. The summed E-state index contributed by atoms with van der Waals surface area (Å²) >= 11 is 0. The van der Waals surface area contributed by atoms with E-state index in [0.29, 0.717) is 5.78 Å². The molecule has 1 fully saturated rings. The Hall–Kier alpha value is -1.15. The molecular formula is C14H19NO. The third kappa shape index (κ3) is 3.17. The lowest BCUT2D eigenvalue weighted by atomic mass is 10.1. The van der Waals surface area contributed by atoms with Crippen molar-refractivity contribution in [2.24, 2.45) is 0 Å². The van der Waals surface area contributed by atoms with Gasteiger partial charge in [0.15, 0.2) is 0 Å². The van der Waals surface area contributed by atoms with Gasteiger partial charge in [-0.15, -0.1) is 0 Å². The average Bonchev–Trinajstić information content (AvgIpc) is 2.30. The van der Waals surface area contributed by atoms with Gasteiger partial charge in [0.25, 0.3) is 0 Å². The minimum absolute atomic E-state index is 0.423. The van der Waals surface area contributed by atoms with Gasteiger partial charge in [0.1, 0.15) is 5.78 Å². The van der Waals surface area contributed by atoms with E-state index in [1.165, 1.54) is 11.1 Å². The van der Waals surface area contributed by atoms with Crippen molar-refractivity contribution in [3.8, 4) is 0 Å². The Morgan fingerprint density at radius 2 is 1.75 bits per heavy atom. The zero-order chi connectivity index (χ0) is 11.4. The molecular weight excluding hydrogens is 198 g/mol. The second kappa shape index (κ2) is 5.26. The lowest BCUT2D eigenvalue weighted by molar-refractivity contribution is -0.121. The number of benzene rings is 1. The highest BCUT2D eigenvalue weighted by Gasteiger charge is 2.15. The van der Waals surface area contributed by atoms with Crippen molar-refractivity contribution in [3.63, 3.8) is 0 Å². The van der Waals surface area contributed by atoms with Crippen molar-refractivity contribution in [1.82, 2.24) is 4.90 Å². The maximum atomic E-state index is 11.1. The topological polar surface area (TPSA) is 20.3 Å². The number of hydrogen-bond acceptors (Lipinski definition) is 2. The maximum Gasteiger partial charge on any atom is 0.135 e. The molecule has 0 radical (unpaired) electrons. The fourth-order valence-electron chi connectivity index (χ4n) is 2.07. The van der Waals surface area contributed by atoms with Gasteiger partial charge < -0.3 is 4.90 Å². The van der Waals surface area contributed by atoms with E-state index < -0.39 is 0 Å². The van der Waals surface area contributed by atoms with Crippen LogP contribution in [0.4, 0.5) is 0 Å². The Kier molecular flexibility index (Phi) is 3.73. The summed E-state index contributed by atoms with van der Waals surface area (Å²) in [6.07, 6.45) is 2.58. The lowest BCUT2D eigenvalue weighted by Gasteiger charge is -2.25. The second-order valence-electron chi connectivity index (χ2n) is 4.62. The van der Waals surface area contributed by atoms with Gasteiger partial charge in [0.05, 0.1) is 0 Å². The van der Waals surface area contributed by atoms with Crippen LogP contribution >= 0.6 is 0 Å². The maximum absolute atomic E-state index is 11.1. The molecule has 1 aromatic carbocycles. The molecule has 0 aliphatic carbocycles. The number of piperidine rings is 1. The largest absolute Gasteiger partial charge is 0.302 e. The van der Waals surface area contributed by atoms with Crippen molar-refractivity contribution in [3.05, 3.63) is 35.4 Å². The van der Waals surface area contributed by atoms with Crippen molar-refractivity contribution >= 4 is 5.78 Å². The predicted octanol–water partition coefficient (Wildman–Crippen LogP) is 2.20. The Morgan fingerprint density at radius 1 is 1.12 bits per heavy atom.